The highest BCUT2D eigenvalue weighted by Crippen LogP contribution is 2.21. The molecule has 0 heterocycles. The summed E-state index contributed by atoms with van der Waals surface area (Å²) in [4.78, 5) is 0. The molecule has 82 valence electrons. The van der Waals surface area contributed by atoms with E-state index in [-0.39, 0.29) is 0 Å². The van der Waals surface area contributed by atoms with E-state index in [4.69, 9.17) is 0 Å². The Bertz CT molecular complexity index is 308. The highest BCUT2D eigenvalue weighted by atomic mass is 14.1. The van der Waals surface area contributed by atoms with Gasteiger partial charge in [-0.25, -0.2) is 0 Å². The number of benzene rings is 1. The molecule has 1 unspecified atom stereocenters. The smallest absolute Gasteiger partial charge is 0.000462 e. The fourth-order valence-electron chi connectivity index (χ4n) is 1.50. The first-order chi connectivity index (χ1) is 7.29. The van der Waals surface area contributed by atoms with Crippen LogP contribution in [0.2, 0.25) is 0 Å². The maximum absolute atomic E-state index is 3.81. The van der Waals surface area contributed by atoms with E-state index >= 15 is 0 Å². The predicted octanol–water partition coefficient (Wildman–Crippen LogP) is 5.04. The fraction of sp³-hybridized carbons (Fsp3) is 0.333. The molecule has 0 aliphatic carbocycles. The molecular weight excluding hydrogens is 180 g/mol. The molecule has 0 radical (unpaired) electrons. The molecule has 0 fully saturated rings. The summed E-state index contributed by atoms with van der Waals surface area (Å²) in [5.41, 5.74) is 2.57. The van der Waals surface area contributed by atoms with Gasteiger partial charge in [0.2, 0.25) is 0 Å². The summed E-state index contributed by atoms with van der Waals surface area (Å²) in [6, 6.07) is 8.37. The second-order valence-corrected chi connectivity index (χ2v) is 3.15. The Balaban J connectivity index is 0.000000921. The van der Waals surface area contributed by atoms with Gasteiger partial charge < -0.3 is 0 Å². The molecule has 1 rings (SSSR count). The molecule has 15 heavy (non-hydrogen) atoms. The molecule has 1 aromatic rings. The van der Waals surface area contributed by atoms with Gasteiger partial charge in [0.15, 0.2) is 0 Å². The highest BCUT2D eigenvalue weighted by molar-refractivity contribution is 5.53. The van der Waals surface area contributed by atoms with Gasteiger partial charge in [0, 0.05) is 0 Å². The summed E-state index contributed by atoms with van der Waals surface area (Å²) in [5.74, 6) is 0.471. The molecule has 0 heteroatoms. The van der Waals surface area contributed by atoms with Crippen LogP contribution in [0.4, 0.5) is 0 Å². The minimum atomic E-state index is 0.471. The van der Waals surface area contributed by atoms with Crippen LogP contribution in [0.3, 0.4) is 0 Å². The second kappa shape index (κ2) is 8.05. The molecule has 1 atom stereocenters. The lowest BCUT2D eigenvalue weighted by Gasteiger charge is -2.09. The van der Waals surface area contributed by atoms with Gasteiger partial charge in [0.05, 0.1) is 0 Å². The number of rotatable bonds is 3. The molecule has 0 saturated carbocycles. The number of hydrogen-bond donors (Lipinski definition) is 0. The van der Waals surface area contributed by atoms with Crippen LogP contribution < -0.4 is 0 Å². The van der Waals surface area contributed by atoms with Crippen LogP contribution in [0.1, 0.15) is 44.7 Å². The van der Waals surface area contributed by atoms with Crippen LogP contribution in [0, 0.1) is 0 Å². The zero-order valence-electron chi connectivity index (χ0n) is 10.3. The summed E-state index contributed by atoms with van der Waals surface area (Å²) >= 11 is 0. The normalized spacial score (nSPS) is 11.7. The van der Waals surface area contributed by atoms with Gasteiger partial charge in [-0.15, -0.1) is 0 Å². The summed E-state index contributed by atoms with van der Waals surface area (Å²) in [6.45, 7) is 12.1. The quantitative estimate of drug-likeness (QED) is 0.603. The Morgan fingerprint density at radius 2 is 1.80 bits per heavy atom. The SMILES string of the molecule is C=Cc1ccccc1C(C)/C=C/C.CC. The van der Waals surface area contributed by atoms with Crippen molar-refractivity contribution < 1.29 is 0 Å². The fourth-order valence-corrected chi connectivity index (χ4v) is 1.50. The molecule has 0 saturated heterocycles. The summed E-state index contributed by atoms with van der Waals surface area (Å²) in [5, 5.41) is 0. The molecule has 0 aromatic heterocycles. The molecule has 0 aliphatic heterocycles. The minimum Gasteiger partial charge on any atom is -0.0985 e. The van der Waals surface area contributed by atoms with E-state index in [0.29, 0.717) is 5.92 Å². The number of allylic oxidation sites excluding steroid dienone is 2. The second-order valence-electron chi connectivity index (χ2n) is 3.15. The van der Waals surface area contributed by atoms with E-state index in [1.165, 1.54) is 11.1 Å². The lowest BCUT2D eigenvalue weighted by molar-refractivity contribution is 0.961. The van der Waals surface area contributed by atoms with E-state index < -0.39 is 0 Å². The molecule has 1 aromatic carbocycles. The lowest BCUT2D eigenvalue weighted by atomic mass is 9.95. The van der Waals surface area contributed by atoms with E-state index in [9.17, 15) is 0 Å². The van der Waals surface area contributed by atoms with E-state index in [0.717, 1.165) is 0 Å². The van der Waals surface area contributed by atoms with Crippen LogP contribution in [0.5, 0.6) is 0 Å². The van der Waals surface area contributed by atoms with Crippen molar-refractivity contribution in [3.8, 4) is 0 Å². The van der Waals surface area contributed by atoms with Crippen molar-refractivity contribution in [2.75, 3.05) is 0 Å². The molecule has 0 nitrogen and oxygen atoms in total. The third-order valence-electron chi connectivity index (χ3n) is 2.19. The Hall–Kier alpha value is -1.30. The van der Waals surface area contributed by atoms with E-state index in [1.54, 1.807) is 0 Å². The van der Waals surface area contributed by atoms with Crippen LogP contribution in [0.15, 0.2) is 43.0 Å². The summed E-state index contributed by atoms with van der Waals surface area (Å²) in [6.07, 6.45) is 6.20. The average molecular weight is 202 g/mol. The Labute approximate surface area is 94.3 Å². The Morgan fingerprint density at radius 3 is 2.33 bits per heavy atom. The Morgan fingerprint density at radius 1 is 1.20 bits per heavy atom. The van der Waals surface area contributed by atoms with Crippen molar-refractivity contribution in [2.24, 2.45) is 0 Å². The van der Waals surface area contributed by atoms with E-state index in [2.05, 4.69) is 43.9 Å². The first-order valence-corrected chi connectivity index (χ1v) is 5.63. The first kappa shape index (κ1) is 13.7. The maximum Gasteiger partial charge on any atom is -0.000462 e. The predicted molar refractivity (Wildman–Crippen MR) is 71.1 cm³/mol. The summed E-state index contributed by atoms with van der Waals surface area (Å²) in [7, 11) is 0. The molecular formula is C15H22. The van der Waals surface area contributed by atoms with Gasteiger partial charge in [-0.1, -0.05) is 69.8 Å². The maximum atomic E-state index is 3.81. The molecule has 0 N–H and O–H groups in total. The zero-order chi connectivity index (χ0) is 11.7. The standard InChI is InChI=1S/C13H16.C2H6/c1-4-8-11(3)13-10-7-6-9-12(13)5-2;1-2/h4-11H,2H2,1,3H3;1-2H3/b8-4+;. The summed E-state index contributed by atoms with van der Waals surface area (Å²) < 4.78 is 0. The number of hydrogen-bond acceptors (Lipinski definition) is 0. The minimum absolute atomic E-state index is 0.471. The molecule has 0 spiro atoms. The molecule has 0 aliphatic rings. The van der Waals surface area contributed by atoms with Crippen molar-refractivity contribution >= 4 is 6.08 Å². The van der Waals surface area contributed by atoms with Gasteiger partial charge in [0.1, 0.15) is 0 Å². The molecule has 0 amide bonds. The highest BCUT2D eigenvalue weighted by Gasteiger charge is 2.03. The topological polar surface area (TPSA) is 0 Å². The lowest BCUT2D eigenvalue weighted by Crippen LogP contribution is -1.91. The van der Waals surface area contributed by atoms with Crippen LogP contribution >= 0.6 is 0 Å². The Kier molecular flexibility index (Phi) is 7.35. The van der Waals surface area contributed by atoms with Gasteiger partial charge in [-0.05, 0) is 24.0 Å². The van der Waals surface area contributed by atoms with E-state index in [1.807, 2.05) is 32.9 Å². The van der Waals surface area contributed by atoms with Crippen molar-refractivity contribution in [3.63, 3.8) is 0 Å². The van der Waals surface area contributed by atoms with Crippen LogP contribution in [0.25, 0.3) is 6.08 Å². The first-order valence-electron chi connectivity index (χ1n) is 5.63. The zero-order valence-corrected chi connectivity index (χ0v) is 10.3. The van der Waals surface area contributed by atoms with Crippen LogP contribution in [-0.4, -0.2) is 0 Å². The van der Waals surface area contributed by atoms with Gasteiger partial charge in [-0.3, -0.25) is 0 Å². The van der Waals surface area contributed by atoms with Gasteiger partial charge in [-0.2, -0.15) is 0 Å². The average Bonchev–Trinajstić information content (AvgIpc) is 2.32. The van der Waals surface area contributed by atoms with Crippen molar-refractivity contribution in [1.82, 2.24) is 0 Å². The monoisotopic (exact) mass is 202 g/mol. The molecule has 0 bridgehead atoms. The third-order valence-corrected chi connectivity index (χ3v) is 2.19. The third kappa shape index (κ3) is 4.16. The largest absolute Gasteiger partial charge is 0.0985 e. The van der Waals surface area contributed by atoms with Crippen LogP contribution in [-0.2, 0) is 0 Å². The van der Waals surface area contributed by atoms with Gasteiger partial charge >= 0.3 is 0 Å². The van der Waals surface area contributed by atoms with Gasteiger partial charge in [0.25, 0.3) is 0 Å². The van der Waals surface area contributed by atoms with Crippen molar-refractivity contribution in [1.29, 1.82) is 0 Å². The van der Waals surface area contributed by atoms with Crippen molar-refractivity contribution in [2.45, 2.75) is 33.6 Å². The van der Waals surface area contributed by atoms with Crippen molar-refractivity contribution in [3.05, 3.63) is 54.1 Å².